The Balaban J connectivity index is 2.27. The van der Waals surface area contributed by atoms with E-state index in [2.05, 4.69) is 18.4 Å². The van der Waals surface area contributed by atoms with Crippen LogP contribution in [0.5, 0.6) is 0 Å². The van der Waals surface area contributed by atoms with Gasteiger partial charge in [-0.1, -0.05) is 22.7 Å². The van der Waals surface area contributed by atoms with Gasteiger partial charge in [0.25, 0.3) is 14.9 Å². The van der Waals surface area contributed by atoms with Gasteiger partial charge in [0.2, 0.25) is 5.01 Å². The third kappa shape index (κ3) is 2.74. The molecule has 4 nitrogen and oxygen atoms in total. The number of thiophene rings is 1. The molecule has 0 atom stereocenters. The highest BCUT2D eigenvalue weighted by Gasteiger charge is 2.22. The zero-order valence-corrected chi connectivity index (χ0v) is 13.0. The molecule has 1 N–H and O–H groups in total. The topological polar surface area (TPSA) is 58.2 Å². The van der Waals surface area contributed by atoms with Crippen LogP contribution in [0, 0.1) is 20.8 Å². The van der Waals surface area contributed by atoms with E-state index in [4.69, 9.17) is 4.55 Å². The minimum atomic E-state index is -3.85. The van der Waals surface area contributed by atoms with Gasteiger partial charge in [0.15, 0.2) is 6.54 Å². The third-order valence-corrected chi connectivity index (χ3v) is 6.36. The summed E-state index contributed by atoms with van der Waals surface area (Å²) in [7, 11) is -3.85. The summed E-state index contributed by atoms with van der Waals surface area (Å²) in [4.78, 5) is 2.52. The number of hydrogen-bond acceptors (Lipinski definition) is 4. The van der Waals surface area contributed by atoms with Crippen LogP contribution in [-0.4, -0.2) is 18.7 Å². The Bertz CT molecular complexity index is 682. The van der Waals surface area contributed by atoms with Crippen LogP contribution in [0.2, 0.25) is 0 Å². The molecule has 0 aliphatic heterocycles. The third-order valence-electron chi connectivity index (χ3n) is 2.97. The molecule has 0 aliphatic rings. The molecule has 0 fully saturated rings. The Morgan fingerprint density at radius 3 is 2.50 bits per heavy atom. The second kappa shape index (κ2) is 4.88. The average Bonchev–Trinajstić information content (AvgIpc) is 2.67. The lowest BCUT2D eigenvalue weighted by atomic mass is 10.3. The van der Waals surface area contributed by atoms with Gasteiger partial charge in [0.05, 0.1) is 5.75 Å². The van der Waals surface area contributed by atoms with Crippen LogP contribution in [0.1, 0.15) is 21.9 Å². The van der Waals surface area contributed by atoms with Crippen LogP contribution < -0.4 is 4.57 Å². The largest absolute Gasteiger partial charge is 0.286 e. The predicted octanol–water partition coefficient (Wildman–Crippen LogP) is 2.45. The molecule has 7 heteroatoms. The minimum absolute atomic E-state index is 0.180. The molecule has 0 saturated heterocycles. The van der Waals surface area contributed by atoms with Crippen LogP contribution in [-0.2, 0) is 16.7 Å². The fraction of sp³-hybridized carbons (Fsp3) is 0.545. The lowest BCUT2D eigenvalue weighted by molar-refractivity contribution is -0.670. The number of thiazole rings is 1. The number of hydrogen-bond donors (Lipinski definition) is 1. The predicted molar refractivity (Wildman–Crippen MR) is 75.1 cm³/mol. The second-order valence-electron chi connectivity index (χ2n) is 4.33. The molecular formula is C11H16NO3S3+. The molecule has 0 spiro atoms. The maximum Gasteiger partial charge on any atom is 0.280 e. The number of aromatic nitrogens is 1. The van der Waals surface area contributed by atoms with Gasteiger partial charge in [0, 0.05) is 18.2 Å². The molecule has 0 aliphatic carbocycles. The van der Waals surface area contributed by atoms with Gasteiger partial charge in [-0.15, -0.1) is 0 Å². The van der Waals surface area contributed by atoms with Crippen molar-refractivity contribution in [3.63, 3.8) is 0 Å². The molecule has 0 bridgehead atoms. The van der Waals surface area contributed by atoms with Gasteiger partial charge >= 0.3 is 0 Å². The van der Waals surface area contributed by atoms with E-state index in [0.717, 1.165) is 0 Å². The summed E-state index contributed by atoms with van der Waals surface area (Å²) in [6.07, 6.45) is 0.437. The van der Waals surface area contributed by atoms with Crippen LogP contribution in [0.3, 0.4) is 0 Å². The molecule has 0 radical (unpaired) electrons. The smallest absolute Gasteiger partial charge is 0.280 e. The van der Waals surface area contributed by atoms with Crippen LogP contribution in [0.15, 0.2) is 0 Å². The van der Waals surface area contributed by atoms with Crippen LogP contribution in [0.4, 0.5) is 0 Å². The molecule has 0 saturated carbocycles. The Hall–Kier alpha value is -0.500. The minimum Gasteiger partial charge on any atom is -0.286 e. The highest BCUT2D eigenvalue weighted by molar-refractivity contribution is 7.85. The molecular weight excluding hydrogens is 290 g/mol. The van der Waals surface area contributed by atoms with Gasteiger partial charge in [-0.2, -0.15) is 13.0 Å². The molecule has 2 aromatic rings. The highest BCUT2D eigenvalue weighted by atomic mass is 32.2. The highest BCUT2D eigenvalue weighted by Crippen LogP contribution is 2.32. The quantitative estimate of drug-likeness (QED) is 0.697. The Kier molecular flexibility index (Phi) is 3.77. The molecule has 0 unspecified atom stereocenters. The summed E-state index contributed by atoms with van der Waals surface area (Å²) < 4.78 is 33.6. The summed E-state index contributed by atoms with van der Waals surface area (Å²) in [5.41, 5.74) is 1.32. The van der Waals surface area contributed by atoms with Crippen molar-refractivity contribution in [1.29, 1.82) is 0 Å². The first kappa shape index (κ1) is 13.9. The molecule has 100 valence electrons. The zero-order valence-electron chi connectivity index (χ0n) is 10.6. The van der Waals surface area contributed by atoms with E-state index >= 15 is 0 Å². The fourth-order valence-corrected chi connectivity index (χ4v) is 4.98. The van der Waals surface area contributed by atoms with Gasteiger partial charge in [-0.05, 0) is 19.4 Å². The summed E-state index contributed by atoms with van der Waals surface area (Å²) in [5.74, 6) is -0.180. The van der Waals surface area contributed by atoms with Crippen molar-refractivity contribution in [3.8, 4) is 0 Å². The lowest BCUT2D eigenvalue weighted by Crippen LogP contribution is -2.35. The van der Waals surface area contributed by atoms with Crippen LogP contribution in [0.25, 0.3) is 9.53 Å². The molecule has 2 aromatic heterocycles. The summed E-state index contributed by atoms with van der Waals surface area (Å²) >= 11 is 3.49. The molecule has 2 rings (SSSR count). The van der Waals surface area contributed by atoms with Crippen molar-refractivity contribution in [1.82, 2.24) is 0 Å². The lowest BCUT2D eigenvalue weighted by Gasteiger charge is -1.95. The Morgan fingerprint density at radius 1 is 1.22 bits per heavy atom. The molecule has 0 amide bonds. The maximum absolute atomic E-state index is 10.7. The molecule has 2 heterocycles. The van der Waals surface area contributed by atoms with E-state index in [1.165, 1.54) is 25.0 Å². The SMILES string of the molecule is Cc1sc2c(sc(C)[n+]2CCCS(=O)(=O)O)c1C. The normalized spacial score (nSPS) is 12.4. The van der Waals surface area contributed by atoms with E-state index < -0.39 is 10.1 Å². The van der Waals surface area contributed by atoms with E-state index in [9.17, 15) is 8.42 Å². The maximum atomic E-state index is 10.7. The first-order valence-electron chi connectivity index (χ1n) is 5.63. The van der Waals surface area contributed by atoms with E-state index in [1.807, 2.05) is 6.92 Å². The summed E-state index contributed by atoms with van der Waals surface area (Å²) in [6.45, 7) is 6.89. The summed E-state index contributed by atoms with van der Waals surface area (Å²) in [5, 5.41) is 1.18. The van der Waals surface area contributed by atoms with E-state index in [1.54, 1.807) is 22.7 Å². The second-order valence-corrected chi connectivity index (χ2v) is 8.31. The van der Waals surface area contributed by atoms with Crippen molar-refractivity contribution in [3.05, 3.63) is 15.4 Å². The van der Waals surface area contributed by atoms with Crippen LogP contribution >= 0.6 is 22.7 Å². The molecule has 18 heavy (non-hydrogen) atoms. The summed E-state index contributed by atoms with van der Waals surface area (Å²) in [6, 6.07) is 0. The van der Waals surface area contributed by atoms with E-state index in [-0.39, 0.29) is 5.75 Å². The van der Waals surface area contributed by atoms with Crippen molar-refractivity contribution in [2.24, 2.45) is 0 Å². The van der Waals surface area contributed by atoms with Crippen molar-refractivity contribution < 1.29 is 17.5 Å². The zero-order chi connectivity index (χ0) is 13.5. The number of rotatable bonds is 4. The van der Waals surface area contributed by atoms with Gasteiger partial charge in [0.1, 0.15) is 4.70 Å². The average molecular weight is 306 g/mol. The van der Waals surface area contributed by atoms with Crippen molar-refractivity contribution in [2.75, 3.05) is 5.75 Å². The fourth-order valence-electron chi connectivity index (χ4n) is 1.90. The van der Waals surface area contributed by atoms with Crippen molar-refractivity contribution >= 4 is 42.3 Å². The standard InChI is InChI=1S/C11H15NO3S3/c1-7-8(2)16-11-10(7)17-9(3)12(11)5-4-6-18(13,14)15/h4-6H2,1-3H3/p+1. The monoisotopic (exact) mass is 306 g/mol. The number of aryl methyl sites for hydroxylation is 4. The first-order chi connectivity index (χ1) is 8.29. The van der Waals surface area contributed by atoms with Gasteiger partial charge in [-0.25, -0.2) is 0 Å². The van der Waals surface area contributed by atoms with Gasteiger partial charge in [-0.3, -0.25) is 4.55 Å². The van der Waals surface area contributed by atoms with E-state index in [0.29, 0.717) is 13.0 Å². The number of fused-ring (bicyclic) bond motifs is 1. The Labute approximate surface area is 115 Å². The molecule has 0 aromatic carbocycles. The van der Waals surface area contributed by atoms with Gasteiger partial charge < -0.3 is 0 Å². The first-order valence-corrected chi connectivity index (χ1v) is 8.88. The Morgan fingerprint density at radius 2 is 1.89 bits per heavy atom. The number of nitrogens with zero attached hydrogens (tertiary/aromatic N) is 1. The van der Waals surface area contributed by atoms with Crippen molar-refractivity contribution in [2.45, 2.75) is 33.7 Å².